The summed E-state index contributed by atoms with van der Waals surface area (Å²) in [5.74, 6) is 0.775. The first kappa shape index (κ1) is 18.5. The number of carbonyl (C=O) groups excluding carboxylic acids is 1. The SMILES string of the molecule is COc1ccccc1CNC(=O)NC(C)c1ccc(OC(F)F)cc1. The predicted octanol–water partition coefficient (Wildman–Crippen LogP) is 3.86. The van der Waals surface area contributed by atoms with Gasteiger partial charge in [-0.2, -0.15) is 8.78 Å². The lowest BCUT2D eigenvalue weighted by atomic mass is 10.1. The Morgan fingerprint density at radius 1 is 1.12 bits per heavy atom. The number of methoxy groups -OCH3 is 1. The van der Waals surface area contributed by atoms with E-state index in [1.165, 1.54) is 12.1 Å². The molecule has 1 unspecified atom stereocenters. The van der Waals surface area contributed by atoms with Crippen LogP contribution < -0.4 is 20.1 Å². The van der Waals surface area contributed by atoms with E-state index in [-0.39, 0.29) is 17.8 Å². The Balaban J connectivity index is 1.87. The molecule has 2 N–H and O–H groups in total. The van der Waals surface area contributed by atoms with Crippen molar-refractivity contribution in [1.29, 1.82) is 0 Å². The summed E-state index contributed by atoms with van der Waals surface area (Å²) in [7, 11) is 1.57. The molecule has 0 aliphatic rings. The van der Waals surface area contributed by atoms with Gasteiger partial charge in [0.25, 0.3) is 0 Å². The van der Waals surface area contributed by atoms with Crippen molar-refractivity contribution in [3.8, 4) is 11.5 Å². The maximum Gasteiger partial charge on any atom is 0.387 e. The molecule has 0 spiro atoms. The van der Waals surface area contributed by atoms with Crippen LogP contribution in [-0.2, 0) is 6.54 Å². The zero-order valence-corrected chi connectivity index (χ0v) is 14.0. The lowest BCUT2D eigenvalue weighted by Crippen LogP contribution is -2.36. The van der Waals surface area contributed by atoms with Crippen LogP contribution >= 0.6 is 0 Å². The number of rotatable bonds is 7. The Morgan fingerprint density at radius 2 is 1.80 bits per heavy atom. The number of ether oxygens (including phenoxy) is 2. The van der Waals surface area contributed by atoms with E-state index in [2.05, 4.69) is 15.4 Å². The van der Waals surface area contributed by atoms with Crippen LogP contribution in [0.3, 0.4) is 0 Å². The van der Waals surface area contributed by atoms with E-state index in [0.29, 0.717) is 12.3 Å². The Hall–Kier alpha value is -2.83. The number of nitrogens with one attached hydrogen (secondary N) is 2. The van der Waals surface area contributed by atoms with Crippen LogP contribution in [0.15, 0.2) is 48.5 Å². The summed E-state index contributed by atoms with van der Waals surface area (Å²) in [6, 6.07) is 12.9. The molecule has 0 bridgehead atoms. The molecule has 0 radical (unpaired) electrons. The van der Waals surface area contributed by atoms with Gasteiger partial charge >= 0.3 is 12.6 Å². The molecule has 0 saturated heterocycles. The number of hydrogen-bond acceptors (Lipinski definition) is 3. The van der Waals surface area contributed by atoms with Crippen LogP contribution in [-0.4, -0.2) is 19.8 Å². The maximum absolute atomic E-state index is 12.1. The highest BCUT2D eigenvalue weighted by atomic mass is 19.3. The molecular formula is C18H20F2N2O3. The van der Waals surface area contributed by atoms with Crippen molar-refractivity contribution in [3.63, 3.8) is 0 Å². The zero-order valence-electron chi connectivity index (χ0n) is 14.0. The van der Waals surface area contributed by atoms with Gasteiger partial charge in [0.05, 0.1) is 13.2 Å². The molecule has 0 heterocycles. The van der Waals surface area contributed by atoms with Crippen LogP contribution in [0.1, 0.15) is 24.1 Å². The quantitative estimate of drug-likeness (QED) is 0.797. The minimum Gasteiger partial charge on any atom is -0.496 e. The number of para-hydroxylation sites is 1. The summed E-state index contributed by atoms with van der Waals surface area (Å²) in [6.45, 7) is -0.739. The fourth-order valence-electron chi connectivity index (χ4n) is 2.29. The van der Waals surface area contributed by atoms with Crippen molar-refractivity contribution in [2.45, 2.75) is 26.1 Å². The molecule has 2 aromatic carbocycles. The van der Waals surface area contributed by atoms with Gasteiger partial charge in [0.2, 0.25) is 0 Å². The monoisotopic (exact) mass is 350 g/mol. The van der Waals surface area contributed by atoms with Crippen LogP contribution in [0.25, 0.3) is 0 Å². The van der Waals surface area contributed by atoms with E-state index in [1.807, 2.05) is 24.3 Å². The molecule has 0 saturated carbocycles. The van der Waals surface area contributed by atoms with E-state index in [1.54, 1.807) is 26.2 Å². The van der Waals surface area contributed by atoms with Crippen molar-refractivity contribution in [3.05, 3.63) is 59.7 Å². The summed E-state index contributed by atoms with van der Waals surface area (Å²) in [5, 5.41) is 5.54. The van der Waals surface area contributed by atoms with Gasteiger partial charge in [0, 0.05) is 12.1 Å². The average molecular weight is 350 g/mol. The summed E-state index contributed by atoms with van der Waals surface area (Å²) in [4.78, 5) is 12.0. The minimum atomic E-state index is -2.86. The smallest absolute Gasteiger partial charge is 0.387 e. The van der Waals surface area contributed by atoms with Gasteiger partial charge in [-0.1, -0.05) is 30.3 Å². The number of carbonyl (C=O) groups is 1. The molecule has 0 aliphatic heterocycles. The normalized spacial score (nSPS) is 11.7. The molecule has 2 aromatic rings. The average Bonchev–Trinajstić information content (AvgIpc) is 2.60. The Morgan fingerprint density at radius 3 is 2.44 bits per heavy atom. The number of hydrogen-bond donors (Lipinski definition) is 2. The Kier molecular flexibility index (Phi) is 6.56. The number of amides is 2. The molecule has 0 aliphatic carbocycles. The number of halogens is 2. The third kappa shape index (κ3) is 5.63. The number of urea groups is 1. The fraction of sp³-hybridized carbons (Fsp3) is 0.278. The second kappa shape index (κ2) is 8.86. The topological polar surface area (TPSA) is 59.6 Å². The lowest BCUT2D eigenvalue weighted by molar-refractivity contribution is -0.0498. The zero-order chi connectivity index (χ0) is 18.2. The molecular weight excluding hydrogens is 330 g/mol. The summed E-state index contributed by atoms with van der Waals surface area (Å²) in [6.07, 6.45) is 0. The van der Waals surface area contributed by atoms with Crippen molar-refractivity contribution in [2.24, 2.45) is 0 Å². The summed E-state index contributed by atoms with van der Waals surface area (Å²) >= 11 is 0. The van der Waals surface area contributed by atoms with E-state index < -0.39 is 6.61 Å². The molecule has 0 aromatic heterocycles. The Bertz CT molecular complexity index is 693. The highest BCUT2D eigenvalue weighted by Gasteiger charge is 2.11. The third-order valence-electron chi connectivity index (χ3n) is 3.58. The predicted molar refractivity (Wildman–Crippen MR) is 89.9 cm³/mol. The molecule has 134 valence electrons. The highest BCUT2D eigenvalue weighted by molar-refractivity contribution is 5.74. The van der Waals surface area contributed by atoms with Crippen LogP contribution in [0, 0.1) is 0 Å². The standard InChI is InChI=1S/C18H20F2N2O3/c1-12(13-7-9-15(10-8-13)25-17(19)20)22-18(23)21-11-14-5-3-4-6-16(14)24-2/h3-10,12,17H,11H2,1-2H3,(H2,21,22,23). The first-order valence-corrected chi connectivity index (χ1v) is 7.70. The second-order valence-electron chi connectivity index (χ2n) is 5.31. The van der Waals surface area contributed by atoms with Gasteiger partial charge in [-0.3, -0.25) is 0 Å². The van der Waals surface area contributed by atoms with Crippen molar-refractivity contribution < 1.29 is 23.0 Å². The first-order valence-electron chi connectivity index (χ1n) is 7.70. The molecule has 2 amide bonds. The summed E-state index contributed by atoms with van der Waals surface area (Å²) < 4.78 is 33.8. The number of alkyl halides is 2. The van der Waals surface area contributed by atoms with Gasteiger partial charge in [0.1, 0.15) is 11.5 Å². The van der Waals surface area contributed by atoms with Crippen LogP contribution in [0.2, 0.25) is 0 Å². The first-order chi connectivity index (χ1) is 12.0. The van der Waals surface area contributed by atoms with Gasteiger partial charge in [-0.05, 0) is 30.7 Å². The molecule has 5 nitrogen and oxygen atoms in total. The minimum absolute atomic E-state index is 0.0755. The molecule has 25 heavy (non-hydrogen) atoms. The molecule has 7 heteroatoms. The molecule has 1 atom stereocenters. The molecule has 0 fully saturated rings. The second-order valence-corrected chi connectivity index (χ2v) is 5.31. The Labute approximate surface area is 144 Å². The van der Waals surface area contributed by atoms with E-state index in [0.717, 1.165) is 11.1 Å². The van der Waals surface area contributed by atoms with E-state index in [4.69, 9.17) is 4.74 Å². The summed E-state index contributed by atoms with van der Waals surface area (Å²) in [5.41, 5.74) is 1.63. The van der Waals surface area contributed by atoms with Crippen LogP contribution in [0.4, 0.5) is 13.6 Å². The fourth-order valence-corrected chi connectivity index (χ4v) is 2.29. The third-order valence-corrected chi connectivity index (χ3v) is 3.58. The van der Waals surface area contributed by atoms with Gasteiger partial charge in [0.15, 0.2) is 0 Å². The van der Waals surface area contributed by atoms with Crippen LogP contribution in [0.5, 0.6) is 11.5 Å². The highest BCUT2D eigenvalue weighted by Crippen LogP contribution is 2.19. The van der Waals surface area contributed by atoms with Crippen molar-refractivity contribution in [2.75, 3.05) is 7.11 Å². The largest absolute Gasteiger partial charge is 0.496 e. The van der Waals surface area contributed by atoms with Crippen molar-refractivity contribution in [1.82, 2.24) is 10.6 Å². The number of benzene rings is 2. The lowest BCUT2D eigenvalue weighted by Gasteiger charge is -2.16. The molecule has 2 rings (SSSR count). The van der Waals surface area contributed by atoms with Gasteiger partial charge in [-0.25, -0.2) is 4.79 Å². The maximum atomic E-state index is 12.1. The van der Waals surface area contributed by atoms with Gasteiger partial charge < -0.3 is 20.1 Å². The van der Waals surface area contributed by atoms with Gasteiger partial charge in [-0.15, -0.1) is 0 Å². The van der Waals surface area contributed by atoms with E-state index >= 15 is 0 Å². The van der Waals surface area contributed by atoms with Crippen molar-refractivity contribution >= 4 is 6.03 Å². The van der Waals surface area contributed by atoms with E-state index in [9.17, 15) is 13.6 Å².